The van der Waals surface area contributed by atoms with Crippen LogP contribution in [-0.4, -0.2) is 54.6 Å². The van der Waals surface area contributed by atoms with Crippen molar-refractivity contribution in [3.63, 3.8) is 0 Å². The van der Waals surface area contributed by atoms with Crippen LogP contribution in [0.3, 0.4) is 0 Å². The van der Waals surface area contributed by atoms with E-state index in [1.54, 1.807) is 17.9 Å². The molecule has 1 fully saturated rings. The van der Waals surface area contributed by atoms with Crippen molar-refractivity contribution in [1.29, 1.82) is 0 Å². The Balaban J connectivity index is 1.77. The van der Waals surface area contributed by atoms with Crippen molar-refractivity contribution in [1.82, 2.24) is 24.4 Å². The quantitative estimate of drug-likeness (QED) is 0.636. The molecule has 0 bridgehead atoms. The van der Waals surface area contributed by atoms with Gasteiger partial charge in [-0.25, -0.2) is 19.7 Å². The molecular formula is C21H22F3N5O3. The number of ether oxygens (including phenoxy) is 1. The summed E-state index contributed by atoms with van der Waals surface area (Å²) in [6, 6.07) is 5.07. The van der Waals surface area contributed by atoms with Gasteiger partial charge in [0.05, 0.1) is 18.3 Å². The van der Waals surface area contributed by atoms with Crippen molar-refractivity contribution < 1.29 is 27.8 Å². The van der Waals surface area contributed by atoms with E-state index in [0.29, 0.717) is 28.2 Å². The van der Waals surface area contributed by atoms with Gasteiger partial charge >= 0.3 is 12.5 Å². The van der Waals surface area contributed by atoms with Crippen molar-refractivity contribution in [2.45, 2.75) is 39.1 Å². The summed E-state index contributed by atoms with van der Waals surface area (Å²) < 4.78 is 43.1. The van der Waals surface area contributed by atoms with Crippen LogP contribution < -0.4 is 4.74 Å². The Hall–Kier alpha value is -3.37. The third-order valence-electron chi connectivity index (χ3n) is 5.51. The summed E-state index contributed by atoms with van der Waals surface area (Å²) >= 11 is 0. The lowest BCUT2D eigenvalue weighted by molar-refractivity contribution is -0.274. The number of hydrogen-bond acceptors (Lipinski definition) is 5. The number of carboxylic acid groups (broad SMARTS) is 1. The first-order valence-electron chi connectivity index (χ1n) is 9.90. The van der Waals surface area contributed by atoms with Gasteiger partial charge in [-0.2, -0.15) is 0 Å². The number of imidazole rings is 1. The molecule has 8 nitrogen and oxygen atoms in total. The van der Waals surface area contributed by atoms with Crippen LogP contribution in [0.25, 0.3) is 22.4 Å². The molecule has 4 rings (SSSR count). The van der Waals surface area contributed by atoms with Gasteiger partial charge < -0.3 is 19.3 Å². The van der Waals surface area contributed by atoms with Gasteiger partial charge in [0.25, 0.3) is 0 Å². The molecule has 1 aliphatic rings. The highest BCUT2D eigenvalue weighted by Crippen LogP contribution is 2.43. The number of likely N-dealkylation sites (tertiary alicyclic amines) is 1. The van der Waals surface area contributed by atoms with Crippen LogP contribution in [0.1, 0.15) is 32.5 Å². The molecule has 1 N–H and O–H groups in total. The normalized spacial score (nSPS) is 19.2. The maximum atomic E-state index is 12.5. The molecule has 0 radical (unpaired) electrons. The molecule has 11 heteroatoms. The zero-order valence-corrected chi connectivity index (χ0v) is 17.9. The second kappa shape index (κ2) is 7.35. The standard InChI is InChI=1S/C21H22F3N5O3/c1-20(2,3)16-13(9-29(16)19(30)31)17-26-14(15-18(27-17)28(4)10-25-15)11-5-7-12(8-6-11)32-21(22,23)24/h5-8,10,13,16H,9H2,1-4H3,(H,30,31). The topological polar surface area (TPSA) is 93.4 Å². The fourth-order valence-corrected chi connectivity index (χ4v) is 4.20. The molecule has 1 saturated heterocycles. The van der Waals surface area contributed by atoms with Gasteiger partial charge in [0, 0.05) is 19.2 Å². The van der Waals surface area contributed by atoms with Gasteiger partial charge in [0.1, 0.15) is 22.8 Å². The van der Waals surface area contributed by atoms with E-state index in [-0.39, 0.29) is 29.7 Å². The van der Waals surface area contributed by atoms with Crippen molar-refractivity contribution >= 4 is 17.3 Å². The number of aromatic nitrogens is 4. The minimum atomic E-state index is -4.78. The van der Waals surface area contributed by atoms with Crippen LogP contribution >= 0.6 is 0 Å². The highest BCUT2D eigenvalue weighted by Gasteiger charge is 2.50. The Labute approximate surface area is 181 Å². The zero-order valence-electron chi connectivity index (χ0n) is 17.9. The summed E-state index contributed by atoms with van der Waals surface area (Å²) in [6.45, 7) is 6.15. The van der Waals surface area contributed by atoms with Crippen molar-refractivity contribution in [3.8, 4) is 17.0 Å². The highest BCUT2D eigenvalue weighted by atomic mass is 19.4. The minimum Gasteiger partial charge on any atom is -0.465 e. The predicted molar refractivity (Wildman–Crippen MR) is 109 cm³/mol. The molecule has 0 aliphatic carbocycles. The highest BCUT2D eigenvalue weighted by molar-refractivity contribution is 5.87. The third kappa shape index (κ3) is 3.94. The number of benzene rings is 1. The lowest BCUT2D eigenvalue weighted by Crippen LogP contribution is -2.62. The third-order valence-corrected chi connectivity index (χ3v) is 5.51. The molecule has 3 aromatic rings. The molecule has 2 unspecified atom stereocenters. The van der Waals surface area contributed by atoms with Gasteiger partial charge in [-0.3, -0.25) is 0 Å². The fourth-order valence-electron chi connectivity index (χ4n) is 4.20. The zero-order chi connectivity index (χ0) is 23.4. The Morgan fingerprint density at radius 3 is 2.38 bits per heavy atom. The van der Waals surface area contributed by atoms with Crippen LogP contribution in [-0.2, 0) is 7.05 Å². The van der Waals surface area contributed by atoms with Crippen LogP contribution in [0.15, 0.2) is 30.6 Å². The van der Waals surface area contributed by atoms with E-state index in [1.807, 2.05) is 20.8 Å². The van der Waals surface area contributed by atoms with E-state index in [2.05, 4.69) is 14.7 Å². The Bertz CT molecular complexity index is 1170. The number of alkyl halides is 3. The molecule has 1 aromatic carbocycles. The average molecular weight is 449 g/mol. The van der Waals surface area contributed by atoms with E-state index in [9.17, 15) is 23.1 Å². The molecule has 170 valence electrons. The smallest absolute Gasteiger partial charge is 0.465 e. The van der Waals surface area contributed by atoms with Crippen molar-refractivity contribution in [2.24, 2.45) is 12.5 Å². The SMILES string of the molecule is Cn1cnc2c(-c3ccc(OC(F)(F)F)cc3)nc(C3CN(C(=O)O)C3C(C)(C)C)nc21. The summed E-state index contributed by atoms with van der Waals surface area (Å²) in [5, 5.41) is 9.53. The molecule has 1 amide bonds. The van der Waals surface area contributed by atoms with Crippen LogP contribution in [0.5, 0.6) is 5.75 Å². The van der Waals surface area contributed by atoms with Gasteiger partial charge in [0.2, 0.25) is 0 Å². The van der Waals surface area contributed by atoms with E-state index in [0.717, 1.165) is 0 Å². The summed E-state index contributed by atoms with van der Waals surface area (Å²) in [5.41, 5.74) is 1.73. The number of fused-ring (bicyclic) bond motifs is 1. The van der Waals surface area contributed by atoms with Gasteiger partial charge in [0.15, 0.2) is 5.65 Å². The van der Waals surface area contributed by atoms with Gasteiger partial charge in [-0.1, -0.05) is 20.8 Å². The van der Waals surface area contributed by atoms with E-state index < -0.39 is 12.5 Å². The maximum absolute atomic E-state index is 12.5. The number of nitrogens with zero attached hydrogens (tertiary/aromatic N) is 5. The first-order chi connectivity index (χ1) is 14.8. The van der Waals surface area contributed by atoms with Crippen molar-refractivity contribution in [2.75, 3.05) is 6.54 Å². The second-order valence-electron chi connectivity index (χ2n) is 8.88. The van der Waals surface area contributed by atoms with Crippen LogP contribution in [0.2, 0.25) is 0 Å². The number of amides is 1. The molecule has 32 heavy (non-hydrogen) atoms. The van der Waals surface area contributed by atoms with Gasteiger partial charge in [-0.15, -0.1) is 13.2 Å². The first-order valence-corrected chi connectivity index (χ1v) is 9.90. The summed E-state index contributed by atoms with van der Waals surface area (Å²) in [4.78, 5) is 26.7. The van der Waals surface area contributed by atoms with Gasteiger partial charge in [-0.05, 0) is 29.7 Å². The van der Waals surface area contributed by atoms with Crippen LogP contribution in [0, 0.1) is 5.41 Å². The minimum absolute atomic E-state index is 0.225. The Morgan fingerprint density at radius 1 is 1.16 bits per heavy atom. The Morgan fingerprint density at radius 2 is 1.81 bits per heavy atom. The fraction of sp³-hybridized carbons (Fsp3) is 0.429. The number of rotatable bonds is 3. The predicted octanol–water partition coefficient (Wildman–Crippen LogP) is 4.42. The lowest BCUT2D eigenvalue weighted by atomic mass is 9.72. The molecule has 2 atom stereocenters. The summed E-state index contributed by atoms with van der Waals surface area (Å²) in [6.07, 6.45) is -4.19. The average Bonchev–Trinajstić information content (AvgIpc) is 2.99. The molecule has 2 aromatic heterocycles. The number of aryl methyl sites for hydroxylation is 1. The summed E-state index contributed by atoms with van der Waals surface area (Å²) in [5.74, 6) is -0.0854. The molecule has 0 spiro atoms. The number of halogens is 3. The maximum Gasteiger partial charge on any atom is 0.573 e. The largest absolute Gasteiger partial charge is 0.573 e. The number of hydrogen-bond donors (Lipinski definition) is 1. The first kappa shape index (κ1) is 21.8. The van der Waals surface area contributed by atoms with Crippen LogP contribution in [0.4, 0.5) is 18.0 Å². The summed E-state index contributed by atoms with van der Waals surface area (Å²) in [7, 11) is 1.78. The number of carbonyl (C=O) groups is 1. The molecule has 3 heterocycles. The Kier molecular flexibility index (Phi) is 5.02. The molecular weight excluding hydrogens is 427 g/mol. The van der Waals surface area contributed by atoms with E-state index in [4.69, 9.17) is 4.98 Å². The van der Waals surface area contributed by atoms with Crippen molar-refractivity contribution in [3.05, 3.63) is 36.4 Å². The molecule has 0 saturated carbocycles. The monoisotopic (exact) mass is 449 g/mol. The second-order valence-corrected chi connectivity index (χ2v) is 8.88. The van der Waals surface area contributed by atoms with E-state index >= 15 is 0 Å². The van der Waals surface area contributed by atoms with E-state index in [1.165, 1.54) is 29.2 Å². The lowest BCUT2D eigenvalue weighted by Gasteiger charge is -2.52. The molecule has 1 aliphatic heterocycles.